The molecule has 0 N–H and O–H groups in total. The number of benzene rings is 7. The second kappa shape index (κ2) is 10.1. The van der Waals surface area contributed by atoms with Gasteiger partial charge in [0.25, 0.3) is 0 Å². The molecule has 230 valence electrons. The number of nitrogens with zero attached hydrogens (tertiary/aromatic N) is 1. The summed E-state index contributed by atoms with van der Waals surface area (Å²) in [6.07, 6.45) is 0. The van der Waals surface area contributed by atoms with Gasteiger partial charge in [-0.15, -0.1) is 11.3 Å². The maximum atomic E-state index is 6.49. The van der Waals surface area contributed by atoms with Gasteiger partial charge in [-0.2, -0.15) is 0 Å². The van der Waals surface area contributed by atoms with Crippen molar-refractivity contribution >= 4 is 75.1 Å². The number of para-hydroxylation sites is 2. The van der Waals surface area contributed by atoms with E-state index in [1.807, 2.05) is 11.3 Å². The average Bonchev–Trinajstić information content (AvgIpc) is 3.71. The Morgan fingerprint density at radius 1 is 0.531 bits per heavy atom. The molecule has 3 heteroatoms. The molecule has 0 amide bonds. The Labute approximate surface area is 286 Å². The Kier molecular flexibility index (Phi) is 5.62. The van der Waals surface area contributed by atoms with E-state index in [1.165, 1.54) is 69.7 Å². The summed E-state index contributed by atoms with van der Waals surface area (Å²) in [5.41, 5.74) is 11.7. The Bertz CT molecular complexity index is 2980. The van der Waals surface area contributed by atoms with Gasteiger partial charge in [-0.25, -0.2) is 0 Å². The van der Waals surface area contributed by atoms with E-state index in [-0.39, 0.29) is 11.8 Å². The van der Waals surface area contributed by atoms with Crippen LogP contribution < -0.4 is 0 Å². The normalized spacial score (nSPS) is 15.9. The number of pyridine rings is 1. The van der Waals surface area contributed by atoms with E-state index in [9.17, 15) is 0 Å². The molecule has 11 rings (SSSR count). The summed E-state index contributed by atoms with van der Waals surface area (Å²) >= 11 is 1.87. The van der Waals surface area contributed by atoms with Crippen molar-refractivity contribution in [2.45, 2.75) is 18.8 Å². The summed E-state index contributed by atoms with van der Waals surface area (Å²) in [6.45, 7) is 2.38. The minimum Gasteiger partial charge on any atom is -0.456 e. The van der Waals surface area contributed by atoms with Crippen LogP contribution in [0.15, 0.2) is 150 Å². The molecule has 0 fully saturated rings. The minimum absolute atomic E-state index is 0.0339. The van der Waals surface area contributed by atoms with Crippen molar-refractivity contribution in [2.75, 3.05) is 0 Å². The smallest absolute Gasteiger partial charge is 0.135 e. The molecule has 2 nitrogen and oxygen atoms in total. The number of rotatable bonds is 2. The van der Waals surface area contributed by atoms with Crippen LogP contribution in [0.4, 0.5) is 0 Å². The second-order valence-corrected chi connectivity index (χ2v) is 14.6. The zero-order chi connectivity index (χ0) is 32.2. The molecule has 0 bridgehead atoms. The molecule has 0 saturated carbocycles. The third kappa shape index (κ3) is 3.91. The number of furan rings is 1. The van der Waals surface area contributed by atoms with Crippen molar-refractivity contribution < 1.29 is 4.42 Å². The largest absolute Gasteiger partial charge is 0.456 e. The lowest BCUT2D eigenvalue weighted by Gasteiger charge is -2.35. The second-order valence-electron chi connectivity index (χ2n) is 13.5. The van der Waals surface area contributed by atoms with Gasteiger partial charge in [-0.3, -0.25) is 4.98 Å². The topological polar surface area (TPSA) is 26.0 Å². The van der Waals surface area contributed by atoms with Gasteiger partial charge in [0.2, 0.25) is 0 Å². The first-order valence-corrected chi connectivity index (χ1v) is 17.8. The summed E-state index contributed by atoms with van der Waals surface area (Å²) in [7, 11) is 0. The zero-order valence-corrected chi connectivity index (χ0v) is 27.6. The predicted molar refractivity (Wildman–Crippen MR) is 207 cm³/mol. The fourth-order valence-electron chi connectivity index (χ4n) is 8.55. The zero-order valence-electron chi connectivity index (χ0n) is 26.8. The minimum atomic E-state index is 0.0339. The molecule has 2 atom stereocenters. The molecule has 3 heterocycles. The summed E-state index contributed by atoms with van der Waals surface area (Å²) in [5, 5.41) is 8.64. The first kappa shape index (κ1) is 27.2. The molecule has 1 aliphatic carbocycles. The number of hydrogen-bond acceptors (Lipinski definition) is 3. The molecule has 0 spiro atoms. The predicted octanol–water partition coefficient (Wildman–Crippen LogP) is 13.2. The highest BCUT2D eigenvalue weighted by molar-refractivity contribution is 7.25. The third-order valence-electron chi connectivity index (χ3n) is 10.8. The first-order valence-electron chi connectivity index (χ1n) is 17.0. The summed E-state index contributed by atoms with van der Waals surface area (Å²) < 4.78 is 9.11. The van der Waals surface area contributed by atoms with Crippen LogP contribution in [0, 0.1) is 0 Å². The Morgan fingerprint density at radius 2 is 1.29 bits per heavy atom. The molecule has 10 aromatic rings. The van der Waals surface area contributed by atoms with Gasteiger partial charge in [-0.1, -0.05) is 110 Å². The molecule has 1 aliphatic rings. The molecule has 0 radical (unpaired) electrons. The summed E-state index contributed by atoms with van der Waals surface area (Å²) in [4.78, 5) is 5.58. The molecule has 7 aromatic carbocycles. The highest BCUT2D eigenvalue weighted by Crippen LogP contribution is 2.54. The molecule has 49 heavy (non-hydrogen) atoms. The molecular formula is C46H29NOS. The van der Waals surface area contributed by atoms with Crippen molar-refractivity contribution in [1.82, 2.24) is 4.98 Å². The van der Waals surface area contributed by atoms with Crippen LogP contribution in [0.2, 0.25) is 0 Å². The van der Waals surface area contributed by atoms with Gasteiger partial charge < -0.3 is 4.42 Å². The SMILES string of the molecule is CC1c2cc3oc4ccccc4c3cc2-c2c(ccc3ccccc23)C1c1nc2ccccc2cc1-c1ccc2c(c1)sc1ccccc12. The van der Waals surface area contributed by atoms with Crippen molar-refractivity contribution in [1.29, 1.82) is 0 Å². The summed E-state index contributed by atoms with van der Waals surface area (Å²) in [5.74, 6) is 0.188. The number of hydrogen-bond donors (Lipinski definition) is 0. The van der Waals surface area contributed by atoms with Gasteiger partial charge in [0.1, 0.15) is 11.2 Å². The van der Waals surface area contributed by atoms with E-state index in [0.29, 0.717) is 0 Å². The van der Waals surface area contributed by atoms with Crippen molar-refractivity contribution in [3.8, 4) is 22.3 Å². The van der Waals surface area contributed by atoms with E-state index >= 15 is 0 Å². The molecule has 0 aliphatic heterocycles. The van der Waals surface area contributed by atoms with Crippen molar-refractivity contribution in [3.63, 3.8) is 0 Å². The van der Waals surface area contributed by atoms with Crippen molar-refractivity contribution in [3.05, 3.63) is 162 Å². The maximum Gasteiger partial charge on any atom is 0.135 e. The van der Waals surface area contributed by atoms with Crippen LogP contribution in [-0.4, -0.2) is 4.98 Å². The fourth-order valence-corrected chi connectivity index (χ4v) is 9.70. The Morgan fingerprint density at radius 3 is 2.20 bits per heavy atom. The van der Waals surface area contributed by atoms with Crippen LogP contribution in [0.25, 0.3) is 86.0 Å². The van der Waals surface area contributed by atoms with Gasteiger partial charge >= 0.3 is 0 Å². The number of aromatic nitrogens is 1. The van der Waals surface area contributed by atoms with Crippen LogP contribution in [0.5, 0.6) is 0 Å². The summed E-state index contributed by atoms with van der Waals surface area (Å²) in [6, 6.07) is 53.2. The molecule has 2 unspecified atom stereocenters. The lowest BCUT2D eigenvalue weighted by molar-refractivity contribution is 0.632. The van der Waals surface area contributed by atoms with Crippen LogP contribution in [-0.2, 0) is 0 Å². The maximum absolute atomic E-state index is 6.49. The Balaban J connectivity index is 1.22. The fraction of sp³-hybridized carbons (Fsp3) is 0.0652. The van der Waals surface area contributed by atoms with Gasteiger partial charge in [-0.05, 0) is 87.0 Å². The monoisotopic (exact) mass is 643 g/mol. The van der Waals surface area contributed by atoms with E-state index in [1.54, 1.807) is 0 Å². The standard InChI is InChI=1S/C46H29NOS/c1-26-35-25-41-37(31-13-5-8-16-40(31)48-41)24-38(35)45-30-12-4-2-10-27(30)18-21-34(45)44(26)46-36(22-29-11-3-7-15-39(29)47-46)28-19-20-33-32-14-6-9-17-42(32)49-43(33)23-28/h2-26,44H,1H3. The van der Waals surface area contributed by atoms with Crippen molar-refractivity contribution in [2.24, 2.45) is 0 Å². The number of thiophene rings is 1. The van der Waals surface area contributed by atoms with E-state index in [2.05, 4.69) is 153 Å². The van der Waals surface area contributed by atoms with Gasteiger partial charge in [0.15, 0.2) is 0 Å². The molecule has 0 saturated heterocycles. The van der Waals surface area contributed by atoms with Gasteiger partial charge in [0.05, 0.1) is 11.2 Å². The van der Waals surface area contributed by atoms with E-state index < -0.39 is 0 Å². The van der Waals surface area contributed by atoms with E-state index in [0.717, 1.165) is 33.1 Å². The van der Waals surface area contributed by atoms with Crippen LogP contribution in [0.1, 0.15) is 35.6 Å². The van der Waals surface area contributed by atoms with Crippen LogP contribution >= 0.6 is 11.3 Å². The lowest BCUT2D eigenvalue weighted by Crippen LogP contribution is -2.19. The van der Waals surface area contributed by atoms with E-state index in [4.69, 9.17) is 9.40 Å². The van der Waals surface area contributed by atoms with Gasteiger partial charge in [0, 0.05) is 47.8 Å². The number of fused-ring (bicyclic) bond motifs is 12. The lowest BCUT2D eigenvalue weighted by atomic mass is 9.68. The first-order chi connectivity index (χ1) is 24.2. The quantitative estimate of drug-likeness (QED) is 0.187. The third-order valence-corrected chi connectivity index (χ3v) is 12.0. The molecular weight excluding hydrogens is 615 g/mol. The highest BCUT2D eigenvalue weighted by Gasteiger charge is 2.36. The highest BCUT2D eigenvalue weighted by atomic mass is 32.1. The Hall–Kier alpha value is -5.77. The average molecular weight is 644 g/mol. The molecule has 3 aromatic heterocycles. The van der Waals surface area contributed by atoms with Crippen LogP contribution in [0.3, 0.4) is 0 Å².